The van der Waals surface area contributed by atoms with E-state index >= 15 is 0 Å². The predicted octanol–water partition coefficient (Wildman–Crippen LogP) is 1.47. The minimum atomic E-state index is -0.209. The van der Waals surface area contributed by atoms with Crippen LogP contribution in [-0.4, -0.2) is 30.7 Å². The summed E-state index contributed by atoms with van der Waals surface area (Å²) in [5.41, 5.74) is 0.921. The van der Waals surface area contributed by atoms with Gasteiger partial charge in [0.25, 0.3) is 0 Å². The van der Waals surface area contributed by atoms with Crippen LogP contribution in [0.25, 0.3) is 0 Å². The van der Waals surface area contributed by atoms with E-state index in [0.717, 1.165) is 24.8 Å². The summed E-state index contributed by atoms with van der Waals surface area (Å²) in [6.07, 6.45) is 2.78. The molecule has 2 unspecified atom stereocenters. The van der Waals surface area contributed by atoms with Crippen LogP contribution < -0.4 is 0 Å². The van der Waals surface area contributed by atoms with Gasteiger partial charge in [-0.2, -0.15) is 0 Å². The molecule has 0 amide bonds. The standard InChI is InChI=1S/C10H18O3/c1-8(2)10-12-7-9(13-10)5-3-4-6-11/h9-11H,1,3-7H2,2H3. The van der Waals surface area contributed by atoms with E-state index in [1.807, 2.05) is 6.92 Å². The molecule has 1 rings (SSSR count). The minimum absolute atomic E-state index is 0.188. The normalized spacial score (nSPS) is 27.8. The van der Waals surface area contributed by atoms with Gasteiger partial charge in [0.05, 0.1) is 12.7 Å². The highest BCUT2D eigenvalue weighted by atomic mass is 16.7. The van der Waals surface area contributed by atoms with Crippen molar-refractivity contribution in [3.8, 4) is 0 Å². The third kappa shape index (κ3) is 3.46. The van der Waals surface area contributed by atoms with E-state index in [4.69, 9.17) is 14.6 Å². The average Bonchev–Trinajstić information content (AvgIpc) is 2.53. The first-order valence-corrected chi connectivity index (χ1v) is 4.77. The number of aliphatic hydroxyl groups excluding tert-OH is 1. The van der Waals surface area contributed by atoms with Crippen LogP contribution in [0.1, 0.15) is 26.2 Å². The Morgan fingerprint density at radius 3 is 2.85 bits per heavy atom. The van der Waals surface area contributed by atoms with E-state index in [2.05, 4.69) is 6.58 Å². The van der Waals surface area contributed by atoms with Crippen LogP contribution in [0.15, 0.2) is 12.2 Å². The van der Waals surface area contributed by atoms with Crippen molar-refractivity contribution < 1.29 is 14.6 Å². The summed E-state index contributed by atoms with van der Waals surface area (Å²) in [4.78, 5) is 0. The van der Waals surface area contributed by atoms with Gasteiger partial charge in [-0.15, -0.1) is 0 Å². The molecule has 0 aromatic rings. The van der Waals surface area contributed by atoms with Crippen molar-refractivity contribution in [2.24, 2.45) is 0 Å². The first-order chi connectivity index (χ1) is 6.24. The van der Waals surface area contributed by atoms with Crippen molar-refractivity contribution >= 4 is 0 Å². The summed E-state index contributed by atoms with van der Waals surface area (Å²) in [6, 6.07) is 0. The molecule has 0 radical (unpaired) electrons. The van der Waals surface area contributed by atoms with Crippen molar-refractivity contribution in [3.05, 3.63) is 12.2 Å². The molecule has 1 aliphatic rings. The van der Waals surface area contributed by atoms with E-state index in [0.29, 0.717) is 6.61 Å². The molecule has 0 aromatic carbocycles. The lowest BCUT2D eigenvalue weighted by Gasteiger charge is -2.10. The smallest absolute Gasteiger partial charge is 0.179 e. The average molecular weight is 186 g/mol. The molecule has 1 heterocycles. The van der Waals surface area contributed by atoms with Crippen molar-refractivity contribution in [2.75, 3.05) is 13.2 Å². The zero-order valence-corrected chi connectivity index (χ0v) is 8.16. The number of rotatable bonds is 5. The van der Waals surface area contributed by atoms with Crippen LogP contribution in [0.2, 0.25) is 0 Å². The maximum Gasteiger partial charge on any atom is 0.179 e. The molecule has 0 aromatic heterocycles. The topological polar surface area (TPSA) is 38.7 Å². The van der Waals surface area contributed by atoms with E-state index < -0.39 is 0 Å². The highest BCUT2D eigenvalue weighted by molar-refractivity contribution is 4.95. The molecule has 13 heavy (non-hydrogen) atoms. The maximum absolute atomic E-state index is 8.59. The highest BCUT2D eigenvalue weighted by Crippen LogP contribution is 2.20. The highest BCUT2D eigenvalue weighted by Gasteiger charge is 2.25. The van der Waals surface area contributed by atoms with Gasteiger partial charge in [-0.25, -0.2) is 0 Å². The SMILES string of the molecule is C=C(C)C1OCC(CCCCO)O1. The van der Waals surface area contributed by atoms with Gasteiger partial charge in [0, 0.05) is 6.61 Å². The molecule has 76 valence electrons. The molecule has 2 atom stereocenters. The Morgan fingerprint density at radius 1 is 1.54 bits per heavy atom. The Morgan fingerprint density at radius 2 is 2.31 bits per heavy atom. The van der Waals surface area contributed by atoms with Crippen LogP contribution in [0, 0.1) is 0 Å². The summed E-state index contributed by atoms with van der Waals surface area (Å²) in [6.45, 7) is 6.60. The van der Waals surface area contributed by atoms with Crippen LogP contribution in [0.3, 0.4) is 0 Å². The number of hydrogen-bond acceptors (Lipinski definition) is 3. The molecule has 3 nitrogen and oxygen atoms in total. The van der Waals surface area contributed by atoms with Crippen molar-refractivity contribution in [3.63, 3.8) is 0 Å². The lowest BCUT2D eigenvalue weighted by atomic mass is 10.2. The third-order valence-electron chi connectivity index (χ3n) is 2.09. The van der Waals surface area contributed by atoms with Crippen LogP contribution in [-0.2, 0) is 9.47 Å². The summed E-state index contributed by atoms with van der Waals surface area (Å²) in [5.74, 6) is 0. The van der Waals surface area contributed by atoms with Gasteiger partial charge < -0.3 is 14.6 Å². The van der Waals surface area contributed by atoms with Crippen molar-refractivity contribution in [1.29, 1.82) is 0 Å². The minimum Gasteiger partial charge on any atom is -0.396 e. The lowest BCUT2D eigenvalue weighted by Crippen LogP contribution is -2.12. The molecule has 1 aliphatic heterocycles. The summed E-state index contributed by atoms with van der Waals surface area (Å²) >= 11 is 0. The molecule has 1 saturated heterocycles. The summed E-state index contributed by atoms with van der Waals surface area (Å²) in [5, 5.41) is 8.59. The Hall–Kier alpha value is -0.380. The van der Waals surface area contributed by atoms with Gasteiger partial charge in [0.15, 0.2) is 6.29 Å². The quantitative estimate of drug-likeness (QED) is 0.522. The van der Waals surface area contributed by atoms with Crippen LogP contribution >= 0.6 is 0 Å². The molecular formula is C10H18O3. The molecule has 1 fully saturated rings. The molecule has 3 heteroatoms. The van der Waals surface area contributed by atoms with Gasteiger partial charge >= 0.3 is 0 Å². The van der Waals surface area contributed by atoms with E-state index in [1.54, 1.807) is 0 Å². The Balaban J connectivity index is 2.14. The summed E-state index contributed by atoms with van der Waals surface area (Å²) in [7, 11) is 0. The number of unbranched alkanes of at least 4 members (excludes halogenated alkanes) is 1. The maximum atomic E-state index is 8.59. The van der Waals surface area contributed by atoms with Gasteiger partial charge in [-0.1, -0.05) is 6.58 Å². The molecular weight excluding hydrogens is 168 g/mol. The second-order valence-electron chi connectivity index (χ2n) is 3.49. The number of aliphatic hydroxyl groups is 1. The largest absolute Gasteiger partial charge is 0.396 e. The van der Waals surface area contributed by atoms with Gasteiger partial charge in [0.2, 0.25) is 0 Å². The molecule has 1 N–H and O–H groups in total. The zero-order chi connectivity index (χ0) is 9.68. The second kappa shape index (κ2) is 5.37. The van der Waals surface area contributed by atoms with Crippen molar-refractivity contribution in [2.45, 2.75) is 38.6 Å². The monoisotopic (exact) mass is 186 g/mol. The Bertz CT molecular complexity index is 168. The van der Waals surface area contributed by atoms with E-state index in [1.165, 1.54) is 0 Å². The van der Waals surface area contributed by atoms with Gasteiger partial charge in [0.1, 0.15) is 0 Å². The van der Waals surface area contributed by atoms with Gasteiger partial charge in [-0.3, -0.25) is 0 Å². The molecule has 0 aliphatic carbocycles. The fourth-order valence-electron chi connectivity index (χ4n) is 1.34. The van der Waals surface area contributed by atoms with Gasteiger partial charge in [-0.05, 0) is 31.8 Å². The number of hydrogen-bond donors (Lipinski definition) is 1. The molecule has 0 spiro atoms. The van der Waals surface area contributed by atoms with Crippen LogP contribution in [0.4, 0.5) is 0 Å². The zero-order valence-electron chi connectivity index (χ0n) is 8.16. The molecule has 0 bridgehead atoms. The fourth-order valence-corrected chi connectivity index (χ4v) is 1.34. The summed E-state index contributed by atoms with van der Waals surface area (Å²) < 4.78 is 10.9. The third-order valence-corrected chi connectivity index (χ3v) is 2.09. The number of ether oxygens (including phenoxy) is 2. The predicted molar refractivity (Wildman–Crippen MR) is 50.4 cm³/mol. The lowest BCUT2D eigenvalue weighted by molar-refractivity contribution is -0.0296. The van der Waals surface area contributed by atoms with Crippen molar-refractivity contribution in [1.82, 2.24) is 0 Å². The second-order valence-corrected chi connectivity index (χ2v) is 3.49. The van der Waals surface area contributed by atoms with E-state index in [-0.39, 0.29) is 19.0 Å². The Labute approximate surface area is 79.3 Å². The fraction of sp³-hybridized carbons (Fsp3) is 0.800. The molecule has 0 saturated carbocycles. The van der Waals surface area contributed by atoms with E-state index in [9.17, 15) is 0 Å². The first-order valence-electron chi connectivity index (χ1n) is 4.77. The Kier molecular flexibility index (Phi) is 4.42. The van der Waals surface area contributed by atoms with Crippen LogP contribution in [0.5, 0.6) is 0 Å². The first kappa shape index (κ1) is 10.7.